The Kier molecular flexibility index (Phi) is 6.33. The van der Waals surface area contributed by atoms with E-state index in [1.54, 1.807) is 61.0 Å². The Hall–Kier alpha value is -3.43. The number of anilines is 1. The van der Waals surface area contributed by atoms with Gasteiger partial charge in [0.1, 0.15) is 11.6 Å². The smallest absolute Gasteiger partial charge is 0.262 e. The first-order chi connectivity index (χ1) is 16.0. The predicted octanol–water partition coefficient (Wildman–Crippen LogP) is 5.45. The molecule has 0 atom stereocenters. The lowest BCUT2D eigenvalue weighted by atomic mass is 10.2. The van der Waals surface area contributed by atoms with Crippen LogP contribution in [-0.4, -0.2) is 28.2 Å². The molecule has 4 aromatic rings. The number of hydrogen-bond donors (Lipinski definition) is 1. The molecule has 0 fully saturated rings. The number of halogens is 1. The molecule has 0 spiro atoms. The first-order valence-electron chi connectivity index (χ1n) is 10.5. The molecule has 4 rings (SSSR count). The van der Waals surface area contributed by atoms with Crippen LogP contribution in [0.15, 0.2) is 53.4 Å². The van der Waals surface area contributed by atoms with Crippen LogP contribution in [-0.2, 0) is 10.0 Å². The van der Waals surface area contributed by atoms with Gasteiger partial charge in [0.2, 0.25) is 5.88 Å². The molecule has 0 amide bonds. The van der Waals surface area contributed by atoms with Crippen molar-refractivity contribution in [3.05, 3.63) is 81.9 Å². The topological polar surface area (TPSA) is 99.0 Å². The van der Waals surface area contributed by atoms with Crippen molar-refractivity contribution >= 4 is 27.3 Å². The lowest BCUT2D eigenvalue weighted by Gasteiger charge is -2.12. The van der Waals surface area contributed by atoms with Gasteiger partial charge in [-0.2, -0.15) is 10.1 Å². The van der Waals surface area contributed by atoms with Crippen LogP contribution >= 0.6 is 11.6 Å². The molecule has 0 aliphatic carbocycles. The third-order valence-corrected chi connectivity index (χ3v) is 7.20. The van der Waals surface area contributed by atoms with E-state index in [1.807, 2.05) is 20.8 Å². The minimum absolute atomic E-state index is 0.128. The van der Waals surface area contributed by atoms with Gasteiger partial charge in [-0.15, -0.1) is 0 Å². The Bertz CT molecular complexity index is 1480. The summed E-state index contributed by atoms with van der Waals surface area (Å²) in [5, 5.41) is 4.90. The molecule has 0 saturated carbocycles. The van der Waals surface area contributed by atoms with E-state index in [-0.39, 0.29) is 4.90 Å². The molecule has 0 unspecified atom stereocenters. The largest absolute Gasteiger partial charge is 0.439 e. The lowest BCUT2D eigenvalue weighted by molar-refractivity contribution is 0.459. The molecular weight excluding hydrogens is 474 g/mol. The maximum absolute atomic E-state index is 12.8. The minimum atomic E-state index is -3.79. The quantitative estimate of drug-likeness (QED) is 0.380. The normalized spacial score (nSPS) is 11.5. The highest BCUT2D eigenvalue weighted by Crippen LogP contribution is 2.26. The van der Waals surface area contributed by atoms with Crippen molar-refractivity contribution in [3.63, 3.8) is 0 Å². The van der Waals surface area contributed by atoms with Crippen LogP contribution in [0.4, 0.5) is 5.69 Å². The van der Waals surface area contributed by atoms with E-state index in [4.69, 9.17) is 16.3 Å². The summed E-state index contributed by atoms with van der Waals surface area (Å²) in [5.41, 5.74) is 4.02. The van der Waals surface area contributed by atoms with Gasteiger partial charge in [0.25, 0.3) is 10.0 Å². The Morgan fingerprint density at radius 1 is 0.941 bits per heavy atom. The van der Waals surface area contributed by atoms with E-state index in [0.29, 0.717) is 39.5 Å². The molecule has 34 heavy (non-hydrogen) atoms. The van der Waals surface area contributed by atoms with Crippen molar-refractivity contribution in [1.82, 2.24) is 19.7 Å². The van der Waals surface area contributed by atoms with Crippen molar-refractivity contribution in [2.24, 2.45) is 0 Å². The van der Waals surface area contributed by atoms with Gasteiger partial charge in [-0.3, -0.25) is 4.72 Å². The van der Waals surface area contributed by atoms with Crippen LogP contribution in [0.2, 0.25) is 5.02 Å². The predicted molar refractivity (Wildman–Crippen MR) is 132 cm³/mol. The fourth-order valence-corrected chi connectivity index (χ4v) is 4.98. The summed E-state index contributed by atoms with van der Waals surface area (Å²) in [5.74, 6) is 2.00. The Balaban J connectivity index is 1.55. The second-order valence-corrected chi connectivity index (χ2v) is 10.0. The second-order valence-electron chi connectivity index (χ2n) is 7.96. The summed E-state index contributed by atoms with van der Waals surface area (Å²) in [7, 11) is -3.79. The fourth-order valence-electron chi connectivity index (χ4n) is 3.42. The lowest BCUT2D eigenvalue weighted by Crippen LogP contribution is -2.14. The number of hydrogen-bond acceptors (Lipinski definition) is 6. The number of rotatable bonds is 6. The van der Waals surface area contributed by atoms with E-state index in [0.717, 1.165) is 17.0 Å². The van der Waals surface area contributed by atoms with Gasteiger partial charge in [0.05, 0.1) is 10.6 Å². The average molecular weight is 498 g/mol. The minimum Gasteiger partial charge on any atom is -0.439 e. The zero-order valence-electron chi connectivity index (χ0n) is 19.4. The summed E-state index contributed by atoms with van der Waals surface area (Å²) >= 11 is 5.98. The molecule has 2 aromatic heterocycles. The number of benzene rings is 2. The van der Waals surface area contributed by atoms with E-state index < -0.39 is 10.0 Å². The number of sulfonamides is 1. The molecule has 8 nitrogen and oxygen atoms in total. The summed E-state index contributed by atoms with van der Waals surface area (Å²) < 4.78 is 35.8. The van der Waals surface area contributed by atoms with Crippen LogP contribution in [0, 0.1) is 34.6 Å². The Labute approximate surface area is 203 Å². The SMILES string of the molecule is Cc1nc(Oc2ccc(NS(=O)(=O)c3cc(Cl)ccc3C)cc2)cc(-n2nc(C)c(C)c2C)n1. The molecule has 0 aliphatic rings. The number of nitrogens with zero attached hydrogens (tertiary/aromatic N) is 4. The summed E-state index contributed by atoms with van der Waals surface area (Å²) in [4.78, 5) is 8.96. The van der Waals surface area contributed by atoms with Crippen LogP contribution in [0.25, 0.3) is 5.82 Å². The average Bonchev–Trinajstić information content (AvgIpc) is 3.03. The highest BCUT2D eigenvalue weighted by molar-refractivity contribution is 7.92. The molecule has 0 saturated heterocycles. The first kappa shape index (κ1) is 23.7. The zero-order chi connectivity index (χ0) is 24.6. The first-order valence-corrected chi connectivity index (χ1v) is 12.4. The van der Waals surface area contributed by atoms with Gasteiger partial charge < -0.3 is 4.74 Å². The standard InChI is InChI=1S/C24H24ClN5O3S/c1-14-6-7-19(25)12-22(14)34(31,32)29-20-8-10-21(11-9-20)33-24-13-23(26-18(5)27-24)30-17(4)15(2)16(3)28-30/h6-13,29H,1-5H3. The highest BCUT2D eigenvalue weighted by Gasteiger charge is 2.18. The molecular formula is C24H24ClN5O3S. The van der Waals surface area contributed by atoms with Crippen LogP contribution in [0.5, 0.6) is 11.6 Å². The third kappa shape index (κ3) is 4.90. The monoisotopic (exact) mass is 497 g/mol. The van der Waals surface area contributed by atoms with Gasteiger partial charge >= 0.3 is 0 Å². The number of ether oxygens (including phenoxy) is 1. The summed E-state index contributed by atoms with van der Waals surface area (Å²) in [6.07, 6.45) is 0. The number of aromatic nitrogens is 4. The van der Waals surface area contributed by atoms with E-state index in [1.165, 1.54) is 6.07 Å². The van der Waals surface area contributed by atoms with Gasteiger partial charge in [-0.25, -0.2) is 18.1 Å². The van der Waals surface area contributed by atoms with Gasteiger partial charge in [-0.05, 0) is 82.1 Å². The molecule has 2 aromatic carbocycles. The van der Waals surface area contributed by atoms with Crippen molar-refractivity contribution in [3.8, 4) is 17.4 Å². The molecule has 0 radical (unpaired) electrons. The molecule has 0 bridgehead atoms. The van der Waals surface area contributed by atoms with Crippen molar-refractivity contribution in [1.29, 1.82) is 0 Å². The maximum Gasteiger partial charge on any atom is 0.262 e. The van der Waals surface area contributed by atoms with Gasteiger partial charge in [0.15, 0.2) is 5.82 Å². The van der Waals surface area contributed by atoms with E-state index in [9.17, 15) is 8.42 Å². The van der Waals surface area contributed by atoms with Crippen molar-refractivity contribution in [2.45, 2.75) is 39.5 Å². The Morgan fingerprint density at radius 3 is 2.29 bits per heavy atom. The zero-order valence-corrected chi connectivity index (χ0v) is 21.0. The molecule has 1 N–H and O–H groups in total. The molecule has 0 aliphatic heterocycles. The van der Waals surface area contributed by atoms with Crippen LogP contribution in [0.1, 0.15) is 28.3 Å². The number of nitrogens with one attached hydrogen (secondary N) is 1. The maximum atomic E-state index is 12.8. The Morgan fingerprint density at radius 2 is 1.65 bits per heavy atom. The second kappa shape index (κ2) is 9.08. The van der Waals surface area contributed by atoms with Crippen LogP contribution in [0.3, 0.4) is 0 Å². The summed E-state index contributed by atoms with van der Waals surface area (Å²) in [6, 6.07) is 13.0. The molecule has 176 valence electrons. The van der Waals surface area contributed by atoms with Gasteiger partial charge in [-0.1, -0.05) is 17.7 Å². The van der Waals surface area contributed by atoms with Crippen LogP contribution < -0.4 is 9.46 Å². The third-order valence-electron chi connectivity index (χ3n) is 5.44. The van der Waals surface area contributed by atoms with E-state index in [2.05, 4.69) is 19.8 Å². The van der Waals surface area contributed by atoms with Crippen molar-refractivity contribution in [2.75, 3.05) is 4.72 Å². The van der Waals surface area contributed by atoms with Crippen molar-refractivity contribution < 1.29 is 13.2 Å². The number of aryl methyl sites for hydroxylation is 3. The van der Waals surface area contributed by atoms with Gasteiger partial charge in [0, 0.05) is 22.5 Å². The molecule has 2 heterocycles. The summed E-state index contributed by atoms with van der Waals surface area (Å²) in [6.45, 7) is 9.45. The highest BCUT2D eigenvalue weighted by atomic mass is 35.5. The van der Waals surface area contributed by atoms with E-state index >= 15 is 0 Å². The molecule has 10 heteroatoms. The fraction of sp³-hybridized carbons (Fsp3) is 0.208.